The van der Waals surface area contributed by atoms with Gasteiger partial charge in [-0.1, -0.05) is 23.7 Å². The molecule has 1 aliphatic rings. The Morgan fingerprint density at radius 3 is 2.52 bits per heavy atom. The van der Waals surface area contributed by atoms with Gasteiger partial charge in [-0.25, -0.2) is 4.98 Å². The number of nitrogens with two attached hydrogens (primary N) is 1. The molecule has 2 aromatic rings. The molecule has 0 radical (unpaired) electrons. The molecule has 5 nitrogen and oxygen atoms in total. The summed E-state index contributed by atoms with van der Waals surface area (Å²) >= 11 is 7.35. The van der Waals surface area contributed by atoms with E-state index in [0.717, 1.165) is 42.8 Å². The Morgan fingerprint density at radius 2 is 1.91 bits per heavy atom. The number of nitrogens with zero attached hydrogens (tertiary/aromatic N) is 3. The first-order valence-electron chi connectivity index (χ1n) is 7.56. The van der Waals surface area contributed by atoms with E-state index in [1.807, 2.05) is 29.2 Å². The maximum Gasteiger partial charge on any atom is 0.273 e. The van der Waals surface area contributed by atoms with E-state index in [9.17, 15) is 4.79 Å². The van der Waals surface area contributed by atoms with Gasteiger partial charge in [-0.05, 0) is 17.7 Å². The molecule has 2 N–H and O–H groups in total. The summed E-state index contributed by atoms with van der Waals surface area (Å²) in [4.78, 5) is 20.9. The van der Waals surface area contributed by atoms with Crippen LogP contribution in [0.25, 0.3) is 0 Å². The van der Waals surface area contributed by atoms with Crippen LogP contribution in [-0.4, -0.2) is 46.9 Å². The Bertz CT molecular complexity index is 665. The van der Waals surface area contributed by atoms with E-state index in [4.69, 9.17) is 17.3 Å². The number of amides is 1. The van der Waals surface area contributed by atoms with Crippen molar-refractivity contribution < 1.29 is 4.79 Å². The Balaban J connectivity index is 1.53. The second-order valence-corrected chi connectivity index (χ2v) is 6.90. The number of benzene rings is 1. The number of thiazole rings is 1. The molecule has 0 bridgehead atoms. The molecule has 1 aromatic carbocycles. The van der Waals surface area contributed by atoms with E-state index in [2.05, 4.69) is 9.88 Å². The molecule has 1 amide bonds. The molecular weight excluding hydrogens is 332 g/mol. The summed E-state index contributed by atoms with van der Waals surface area (Å²) in [5.41, 5.74) is 7.30. The number of carbonyl (C=O) groups is 1. The Kier molecular flexibility index (Phi) is 5.27. The molecule has 1 aromatic heterocycles. The van der Waals surface area contributed by atoms with Crippen molar-refractivity contribution in [2.45, 2.75) is 13.1 Å². The highest BCUT2D eigenvalue weighted by molar-refractivity contribution is 7.09. The lowest BCUT2D eigenvalue weighted by molar-refractivity contribution is 0.0623. The van der Waals surface area contributed by atoms with E-state index in [-0.39, 0.29) is 5.91 Å². The number of carbonyl (C=O) groups excluding carboxylic acids is 1. The largest absolute Gasteiger partial charge is 0.335 e. The Morgan fingerprint density at radius 1 is 1.22 bits per heavy atom. The SMILES string of the molecule is NCc1nc(C(=O)N2CCN(Cc3ccc(Cl)cc3)CC2)cs1. The number of rotatable bonds is 4. The Labute approximate surface area is 144 Å². The van der Waals surface area contributed by atoms with Crippen molar-refractivity contribution in [3.8, 4) is 0 Å². The van der Waals surface area contributed by atoms with Crippen molar-refractivity contribution in [2.24, 2.45) is 5.73 Å². The van der Waals surface area contributed by atoms with E-state index in [0.29, 0.717) is 12.2 Å². The quantitative estimate of drug-likeness (QED) is 0.918. The lowest BCUT2D eigenvalue weighted by Crippen LogP contribution is -2.48. The number of halogens is 1. The number of piperazine rings is 1. The second kappa shape index (κ2) is 7.40. The van der Waals surface area contributed by atoms with Crippen molar-refractivity contribution in [3.63, 3.8) is 0 Å². The molecule has 0 unspecified atom stereocenters. The first-order valence-corrected chi connectivity index (χ1v) is 8.82. The maximum absolute atomic E-state index is 12.4. The third-order valence-corrected chi connectivity index (χ3v) is 5.05. The summed E-state index contributed by atoms with van der Waals surface area (Å²) in [7, 11) is 0. The van der Waals surface area contributed by atoms with Gasteiger partial charge in [-0.15, -0.1) is 11.3 Å². The molecule has 1 saturated heterocycles. The van der Waals surface area contributed by atoms with Gasteiger partial charge in [0.15, 0.2) is 0 Å². The van der Waals surface area contributed by atoms with Crippen LogP contribution in [-0.2, 0) is 13.1 Å². The molecular formula is C16H19ClN4OS. The molecule has 2 heterocycles. The summed E-state index contributed by atoms with van der Waals surface area (Å²) in [6.45, 7) is 4.44. The third-order valence-electron chi connectivity index (χ3n) is 3.92. The number of hydrogen-bond acceptors (Lipinski definition) is 5. The van der Waals surface area contributed by atoms with Crippen LogP contribution >= 0.6 is 22.9 Å². The molecule has 0 aliphatic carbocycles. The van der Waals surface area contributed by atoms with Crippen molar-refractivity contribution in [1.29, 1.82) is 0 Å². The van der Waals surface area contributed by atoms with Crippen LogP contribution in [0, 0.1) is 0 Å². The minimum atomic E-state index is 0.00657. The fourth-order valence-corrected chi connectivity index (χ4v) is 3.40. The lowest BCUT2D eigenvalue weighted by Gasteiger charge is -2.34. The van der Waals surface area contributed by atoms with Gasteiger partial charge in [0.2, 0.25) is 0 Å². The minimum Gasteiger partial charge on any atom is -0.335 e. The molecule has 0 atom stereocenters. The van der Waals surface area contributed by atoms with Gasteiger partial charge in [-0.2, -0.15) is 0 Å². The van der Waals surface area contributed by atoms with Crippen molar-refractivity contribution in [2.75, 3.05) is 26.2 Å². The summed E-state index contributed by atoms with van der Waals surface area (Å²) in [5.74, 6) is 0.00657. The van der Waals surface area contributed by atoms with E-state index in [1.54, 1.807) is 5.38 Å². The van der Waals surface area contributed by atoms with Crippen LogP contribution < -0.4 is 5.73 Å². The maximum atomic E-state index is 12.4. The van der Waals surface area contributed by atoms with Gasteiger partial charge in [-0.3, -0.25) is 9.69 Å². The molecule has 3 rings (SSSR count). The fraction of sp³-hybridized carbons (Fsp3) is 0.375. The first-order chi connectivity index (χ1) is 11.2. The average molecular weight is 351 g/mol. The zero-order valence-electron chi connectivity index (χ0n) is 12.7. The minimum absolute atomic E-state index is 0.00657. The fourth-order valence-electron chi connectivity index (χ4n) is 2.62. The van der Waals surface area contributed by atoms with Crippen LogP contribution in [0.5, 0.6) is 0 Å². The monoisotopic (exact) mass is 350 g/mol. The van der Waals surface area contributed by atoms with Crippen molar-refractivity contribution in [1.82, 2.24) is 14.8 Å². The summed E-state index contributed by atoms with van der Waals surface area (Å²) < 4.78 is 0. The standard InChI is InChI=1S/C16H19ClN4OS/c17-13-3-1-12(2-4-13)10-20-5-7-21(8-6-20)16(22)14-11-23-15(9-18)19-14/h1-4,11H,5-10,18H2. The van der Waals surface area contributed by atoms with Gasteiger partial charge in [0.25, 0.3) is 5.91 Å². The van der Waals surface area contributed by atoms with Crippen molar-refractivity contribution >= 4 is 28.8 Å². The van der Waals surface area contributed by atoms with Crippen LogP contribution in [0.1, 0.15) is 21.1 Å². The zero-order valence-corrected chi connectivity index (χ0v) is 14.3. The molecule has 1 aliphatic heterocycles. The lowest BCUT2D eigenvalue weighted by atomic mass is 10.2. The summed E-state index contributed by atoms with van der Waals surface area (Å²) in [5, 5.41) is 3.35. The van der Waals surface area contributed by atoms with Gasteiger partial charge in [0.05, 0.1) is 0 Å². The van der Waals surface area contributed by atoms with Crippen LogP contribution in [0.4, 0.5) is 0 Å². The summed E-state index contributed by atoms with van der Waals surface area (Å²) in [6.07, 6.45) is 0. The van der Waals surface area contributed by atoms with Crippen LogP contribution in [0.2, 0.25) is 5.02 Å². The third kappa shape index (κ3) is 4.09. The highest BCUT2D eigenvalue weighted by Gasteiger charge is 2.23. The van der Waals surface area contributed by atoms with E-state index < -0.39 is 0 Å². The van der Waals surface area contributed by atoms with Gasteiger partial charge in [0, 0.05) is 49.7 Å². The molecule has 0 spiro atoms. The smallest absolute Gasteiger partial charge is 0.273 e. The number of aromatic nitrogens is 1. The molecule has 7 heteroatoms. The van der Waals surface area contributed by atoms with Crippen LogP contribution in [0.15, 0.2) is 29.6 Å². The molecule has 0 saturated carbocycles. The van der Waals surface area contributed by atoms with Gasteiger partial charge in [0.1, 0.15) is 10.7 Å². The predicted molar refractivity (Wildman–Crippen MR) is 92.6 cm³/mol. The average Bonchev–Trinajstić information content (AvgIpc) is 3.06. The molecule has 23 heavy (non-hydrogen) atoms. The topological polar surface area (TPSA) is 62.5 Å². The molecule has 122 valence electrons. The zero-order chi connectivity index (χ0) is 16.2. The highest BCUT2D eigenvalue weighted by atomic mass is 35.5. The Hall–Kier alpha value is -1.47. The van der Waals surface area contributed by atoms with Gasteiger partial charge < -0.3 is 10.6 Å². The normalized spacial score (nSPS) is 15.8. The number of hydrogen-bond donors (Lipinski definition) is 1. The van der Waals surface area contributed by atoms with Gasteiger partial charge >= 0.3 is 0 Å². The predicted octanol–water partition coefficient (Wildman–Crippen LogP) is 2.21. The first kappa shape index (κ1) is 16.4. The van der Waals surface area contributed by atoms with Crippen molar-refractivity contribution in [3.05, 3.63) is 50.9 Å². The molecule has 1 fully saturated rings. The van der Waals surface area contributed by atoms with Crippen LogP contribution in [0.3, 0.4) is 0 Å². The summed E-state index contributed by atoms with van der Waals surface area (Å²) in [6, 6.07) is 7.91. The van der Waals surface area contributed by atoms with E-state index in [1.165, 1.54) is 16.9 Å². The second-order valence-electron chi connectivity index (χ2n) is 5.53. The van der Waals surface area contributed by atoms with E-state index >= 15 is 0 Å². The highest BCUT2D eigenvalue weighted by Crippen LogP contribution is 2.15.